The van der Waals surface area contributed by atoms with Crippen LogP contribution in [-0.4, -0.2) is 37.5 Å². The molecule has 0 unspecified atom stereocenters. The highest BCUT2D eigenvalue weighted by molar-refractivity contribution is 5.93. The molecule has 198 valence electrons. The summed E-state index contributed by atoms with van der Waals surface area (Å²) in [6.45, 7) is 1.82. The Kier molecular flexibility index (Phi) is 7.88. The molecule has 0 spiro atoms. The van der Waals surface area contributed by atoms with Gasteiger partial charge in [0.05, 0.1) is 5.56 Å². The normalized spacial score (nSPS) is 11.4. The highest BCUT2D eigenvalue weighted by atomic mass is 19.4. The standard InChI is InChI=1S/C24H20F5N7O2/c1-2-19-34-21(38-36-19)5-6-31-23(37)18-9-20(32-11-13-3-4-16(25)8-17(13)26)35-22(33-18)14-7-15(12-30-10-14)24(27,28)29/h3-4,7-10,12H,2,5-6,11H2,1H3,(H,31,37)(H,32,33,35). The maximum atomic E-state index is 14.1. The minimum absolute atomic E-state index is 0.0192. The Balaban J connectivity index is 1.58. The third-order valence-electron chi connectivity index (χ3n) is 5.21. The number of pyridine rings is 1. The van der Waals surface area contributed by atoms with Gasteiger partial charge in [-0.3, -0.25) is 9.78 Å². The zero-order valence-corrected chi connectivity index (χ0v) is 19.8. The fraction of sp³-hybridized carbons (Fsp3) is 0.250. The predicted molar refractivity (Wildman–Crippen MR) is 124 cm³/mol. The van der Waals surface area contributed by atoms with E-state index in [1.54, 1.807) is 0 Å². The lowest BCUT2D eigenvalue weighted by Gasteiger charge is -2.12. The van der Waals surface area contributed by atoms with Crippen LogP contribution in [0.5, 0.6) is 0 Å². The number of nitrogens with zero attached hydrogens (tertiary/aromatic N) is 5. The number of anilines is 1. The first-order valence-electron chi connectivity index (χ1n) is 11.3. The predicted octanol–water partition coefficient (Wildman–Crippen LogP) is 4.37. The molecule has 4 rings (SSSR count). The fourth-order valence-corrected chi connectivity index (χ4v) is 3.26. The lowest BCUT2D eigenvalue weighted by atomic mass is 10.2. The van der Waals surface area contributed by atoms with Gasteiger partial charge in [0.1, 0.15) is 23.1 Å². The molecule has 0 fully saturated rings. The van der Waals surface area contributed by atoms with Crippen LogP contribution in [0.2, 0.25) is 0 Å². The number of rotatable bonds is 9. The summed E-state index contributed by atoms with van der Waals surface area (Å²) in [6, 6.07) is 5.07. The van der Waals surface area contributed by atoms with Crippen LogP contribution in [-0.2, 0) is 25.6 Å². The Morgan fingerprint density at radius 2 is 1.87 bits per heavy atom. The van der Waals surface area contributed by atoms with Crippen LogP contribution in [0.15, 0.2) is 47.2 Å². The van der Waals surface area contributed by atoms with E-state index in [-0.39, 0.29) is 48.0 Å². The van der Waals surface area contributed by atoms with Crippen molar-refractivity contribution in [3.63, 3.8) is 0 Å². The molecular formula is C24H20F5N7O2. The first kappa shape index (κ1) is 26.6. The smallest absolute Gasteiger partial charge is 0.366 e. The van der Waals surface area contributed by atoms with E-state index in [0.717, 1.165) is 18.3 Å². The number of halogens is 5. The summed E-state index contributed by atoms with van der Waals surface area (Å²) in [5.74, 6) is -1.57. The van der Waals surface area contributed by atoms with Gasteiger partial charge in [-0.1, -0.05) is 18.1 Å². The van der Waals surface area contributed by atoms with Crippen molar-refractivity contribution in [2.75, 3.05) is 11.9 Å². The molecule has 3 aromatic heterocycles. The summed E-state index contributed by atoms with van der Waals surface area (Å²) in [6.07, 6.45) is -2.06. The number of alkyl halides is 3. The summed E-state index contributed by atoms with van der Waals surface area (Å²) >= 11 is 0. The number of nitrogens with one attached hydrogen (secondary N) is 2. The van der Waals surface area contributed by atoms with Gasteiger partial charge in [0.2, 0.25) is 5.89 Å². The summed E-state index contributed by atoms with van der Waals surface area (Å²) in [5.41, 5.74) is -1.19. The molecule has 0 aliphatic heterocycles. The maximum absolute atomic E-state index is 14.1. The third kappa shape index (κ3) is 6.63. The van der Waals surface area contributed by atoms with Crippen LogP contribution < -0.4 is 10.6 Å². The zero-order valence-electron chi connectivity index (χ0n) is 19.8. The van der Waals surface area contributed by atoms with Crippen LogP contribution in [0.1, 0.15) is 40.3 Å². The molecular weight excluding hydrogens is 513 g/mol. The molecule has 0 aliphatic carbocycles. The number of carbonyl (C=O) groups is 1. The number of amides is 1. The van der Waals surface area contributed by atoms with Crippen LogP contribution in [0.4, 0.5) is 27.8 Å². The lowest BCUT2D eigenvalue weighted by Crippen LogP contribution is -2.27. The van der Waals surface area contributed by atoms with Crippen LogP contribution >= 0.6 is 0 Å². The van der Waals surface area contributed by atoms with Gasteiger partial charge in [-0.25, -0.2) is 18.7 Å². The number of aromatic nitrogens is 5. The first-order chi connectivity index (χ1) is 18.1. The van der Waals surface area contributed by atoms with Crippen molar-refractivity contribution in [2.24, 2.45) is 0 Å². The molecule has 9 nitrogen and oxygen atoms in total. The van der Waals surface area contributed by atoms with E-state index in [0.29, 0.717) is 30.4 Å². The van der Waals surface area contributed by atoms with Gasteiger partial charge in [-0.05, 0) is 12.1 Å². The second-order valence-corrected chi connectivity index (χ2v) is 7.98. The Hall–Kier alpha value is -4.49. The van der Waals surface area contributed by atoms with Gasteiger partial charge in [0.25, 0.3) is 5.91 Å². The molecule has 0 saturated carbocycles. The van der Waals surface area contributed by atoms with E-state index in [1.165, 1.54) is 12.1 Å². The van der Waals surface area contributed by atoms with Gasteiger partial charge in [-0.2, -0.15) is 18.2 Å². The summed E-state index contributed by atoms with van der Waals surface area (Å²) in [5, 5.41) is 9.18. The molecule has 3 heterocycles. The van der Waals surface area contributed by atoms with Crippen LogP contribution in [0, 0.1) is 11.6 Å². The molecule has 14 heteroatoms. The number of hydrogen-bond acceptors (Lipinski definition) is 8. The van der Waals surface area contributed by atoms with Gasteiger partial charge in [0.15, 0.2) is 11.6 Å². The van der Waals surface area contributed by atoms with E-state index in [9.17, 15) is 26.7 Å². The second-order valence-electron chi connectivity index (χ2n) is 7.98. The molecule has 2 N–H and O–H groups in total. The number of carbonyl (C=O) groups excluding carboxylic acids is 1. The molecule has 38 heavy (non-hydrogen) atoms. The third-order valence-corrected chi connectivity index (χ3v) is 5.21. The van der Waals surface area contributed by atoms with Crippen molar-refractivity contribution < 1.29 is 31.3 Å². The fourth-order valence-electron chi connectivity index (χ4n) is 3.26. The van der Waals surface area contributed by atoms with Gasteiger partial charge >= 0.3 is 6.18 Å². The van der Waals surface area contributed by atoms with E-state index in [1.807, 2.05) is 6.92 Å². The summed E-state index contributed by atoms with van der Waals surface area (Å²) in [4.78, 5) is 28.9. The number of benzene rings is 1. The Labute approximate surface area is 212 Å². The zero-order chi connectivity index (χ0) is 27.3. The Morgan fingerprint density at radius 1 is 1.05 bits per heavy atom. The molecule has 0 bridgehead atoms. The van der Waals surface area contributed by atoms with Gasteiger partial charge < -0.3 is 15.2 Å². The van der Waals surface area contributed by atoms with Crippen molar-refractivity contribution in [3.05, 3.63) is 82.9 Å². The monoisotopic (exact) mass is 533 g/mol. The van der Waals surface area contributed by atoms with Crippen molar-refractivity contribution >= 4 is 11.7 Å². The molecule has 0 radical (unpaired) electrons. The average Bonchev–Trinajstić information content (AvgIpc) is 3.35. The van der Waals surface area contributed by atoms with Crippen LogP contribution in [0.3, 0.4) is 0 Å². The summed E-state index contributed by atoms with van der Waals surface area (Å²) < 4.78 is 72.0. The molecule has 0 saturated heterocycles. The molecule has 0 aliphatic rings. The quantitative estimate of drug-likeness (QED) is 0.305. The van der Waals surface area contributed by atoms with Gasteiger partial charge in [0, 0.05) is 61.6 Å². The lowest BCUT2D eigenvalue weighted by molar-refractivity contribution is -0.137. The summed E-state index contributed by atoms with van der Waals surface area (Å²) in [7, 11) is 0. The molecule has 0 atom stereocenters. The van der Waals surface area contributed by atoms with Crippen molar-refractivity contribution in [1.82, 2.24) is 30.4 Å². The minimum Gasteiger partial charge on any atom is -0.366 e. The number of aryl methyl sites for hydroxylation is 1. The van der Waals surface area contributed by atoms with Crippen molar-refractivity contribution in [1.29, 1.82) is 0 Å². The highest BCUT2D eigenvalue weighted by Crippen LogP contribution is 2.31. The SMILES string of the molecule is CCc1noc(CCNC(=O)c2cc(NCc3ccc(F)cc3F)nc(-c3cncc(C(F)(F)F)c3)n2)n1. The highest BCUT2D eigenvalue weighted by Gasteiger charge is 2.31. The molecule has 4 aromatic rings. The largest absolute Gasteiger partial charge is 0.417 e. The van der Waals surface area contributed by atoms with E-state index in [2.05, 4.69) is 35.7 Å². The molecule has 1 amide bonds. The molecule has 1 aromatic carbocycles. The Morgan fingerprint density at radius 3 is 2.58 bits per heavy atom. The van der Waals surface area contributed by atoms with Crippen molar-refractivity contribution in [3.8, 4) is 11.4 Å². The minimum atomic E-state index is -4.66. The Bertz CT molecular complexity index is 1440. The van der Waals surface area contributed by atoms with E-state index < -0.39 is 29.3 Å². The first-order valence-corrected chi connectivity index (χ1v) is 11.3. The van der Waals surface area contributed by atoms with E-state index >= 15 is 0 Å². The topological polar surface area (TPSA) is 119 Å². The van der Waals surface area contributed by atoms with Crippen molar-refractivity contribution in [2.45, 2.75) is 32.5 Å². The van der Waals surface area contributed by atoms with Gasteiger partial charge in [-0.15, -0.1) is 0 Å². The second kappa shape index (κ2) is 11.3. The van der Waals surface area contributed by atoms with E-state index in [4.69, 9.17) is 4.52 Å². The average molecular weight is 533 g/mol. The maximum Gasteiger partial charge on any atom is 0.417 e. The van der Waals surface area contributed by atoms with Crippen LogP contribution in [0.25, 0.3) is 11.4 Å². The number of hydrogen-bond donors (Lipinski definition) is 2.